The van der Waals surface area contributed by atoms with E-state index in [4.69, 9.17) is 4.74 Å². The molecule has 0 aliphatic heterocycles. The van der Waals surface area contributed by atoms with Crippen molar-refractivity contribution >= 4 is 75.1 Å². The summed E-state index contributed by atoms with van der Waals surface area (Å²) in [5.74, 6) is 1.58. The highest BCUT2D eigenvalue weighted by Crippen LogP contribution is 2.42. The van der Waals surface area contributed by atoms with Gasteiger partial charge in [-0.3, -0.25) is 0 Å². The van der Waals surface area contributed by atoms with Crippen LogP contribution in [0.2, 0.25) is 0 Å². The number of rotatable bonds is 7. The SMILES string of the molecule is c1ccc(-c2cccc(-n3c4ccc(Oc5ccc6c(c5)c5cc(-c7ccccc7)ccc5n6-c5ccc6sc7ccccc7c6c5)cc4c4cc(-c5ccccc5)ccc43)c2)cc1. The Balaban J connectivity index is 0.962. The molecular weight excluding hydrogens is 797 g/mol. The van der Waals surface area contributed by atoms with Crippen LogP contribution in [0.15, 0.2) is 231 Å². The largest absolute Gasteiger partial charge is 0.457 e. The van der Waals surface area contributed by atoms with Gasteiger partial charge in [0.05, 0.1) is 22.1 Å². The Bertz CT molecular complexity index is 3920. The number of aromatic nitrogens is 2. The highest BCUT2D eigenvalue weighted by molar-refractivity contribution is 7.25. The van der Waals surface area contributed by atoms with E-state index in [2.05, 4.69) is 240 Å². The summed E-state index contributed by atoms with van der Waals surface area (Å²) in [6.45, 7) is 0. The van der Waals surface area contributed by atoms with Gasteiger partial charge in [0.15, 0.2) is 0 Å². The second kappa shape index (κ2) is 14.7. The van der Waals surface area contributed by atoms with Crippen molar-refractivity contribution in [1.82, 2.24) is 9.13 Å². The van der Waals surface area contributed by atoms with Crippen molar-refractivity contribution in [2.24, 2.45) is 0 Å². The van der Waals surface area contributed by atoms with Gasteiger partial charge in [0.1, 0.15) is 11.5 Å². The molecule has 0 aliphatic carbocycles. The van der Waals surface area contributed by atoms with Gasteiger partial charge in [-0.05, 0) is 130 Å². The van der Waals surface area contributed by atoms with Crippen molar-refractivity contribution in [3.05, 3.63) is 231 Å². The molecule has 10 aromatic carbocycles. The third kappa shape index (κ3) is 6.03. The summed E-state index contributed by atoms with van der Waals surface area (Å²) in [6.07, 6.45) is 0. The van der Waals surface area contributed by atoms with Gasteiger partial charge in [0, 0.05) is 53.1 Å². The topological polar surface area (TPSA) is 19.1 Å². The number of ether oxygens (including phenoxy) is 1. The van der Waals surface area contributed by atoms with Gasteiger partial charge in [-0.15, -0.1) is 11.3 Å². The molecule has 0 radical (unpaired) electrons. The second-order valence-corrected chi connectivity index (χ2v) is 17.6. The maximum atomic E-state index is 6.91. The molecule has 300 valence electrons. The van der Waals surface area contributed by atoms with Crippen LogP contribution in [-0.4, -0.2) is 9.13 Å². The molecule has 3 nitrogen and oxygen atoms in total. The van der Waals surface area contributed by atoms with Crippen LogP contribution < -0.4 is 4.74 Å². The predicted octanol–water partition coefficient (Wildman–Crippen LogP) is 17.0. The Kier molecular flexibility index (Phi) is 8.40. The van der Waals surface area contributed by atoms with Gasteiger partial charge in [0.25, 0.3) is 0 Å². The maximum absolute atomic E-state index is 6.91. The van der Waals surface area contributed by atoms with E-state index in [9.17, 15) is 0 Å². The Morgan fingerprint density at radius 2 is 0.703 bits per heavy atom. The summed E-state index contributed by atoms with van der Waals surface area (Å²) >= 11 is 1.85. The van der Waals surface area contributed by atoms with Gasteiger partial charge >= 0.3 is 0 Å². The Hall–Kier alpha value is -8.18. The fourth-order valence-corrected chi connectivity index (χ4v) is 10.8. The minimum atomic E-state index is 0.789. The molecule has 3 heterocycles. The lowest BCUT2D eigenvalue weighted by molar-refractivity contribution is 0.484. The van der Waals surface area contributed by atoms with Gasteiger partial charge in [-0.2, -0.15) is 0 Å². The summed E-state index contributed by atoms with van der Waals surface area (Å²) in [5, 5.41) is 7.21. The van der Waals surface area contributed by atoms with Crippen LogP contribution in [0.3, 0.4) is 0 Å². The molecule has 0 atom stereocenters. The highest BCUT2D eigenvalue weighted by Gasteiger charge is 2.19. The fourth-order valence-electron chi connectivity index (χ4n) is 9.75. The zero-order valence-corrected chi connectivity index (χ0v) is 35.5. The van der Waals surface area contributed by atoms with E-state index < -0.39 is 0 Å². The third-order valence-electron chi connectivity index (χ3n) is 12.8. The number of thiophene rings is 1. The smallest absolute Gasteiger partial charge is 0.128 e. The molecule has 0 amide bonds. The minimum Gasteiger partial charge on any atom is -0.457 e. The summed E-state index contributed by atoms with van der Waals surface area (Å²) < 4.78 is 14.3. The molecule has 13 aromatic rings. The molecule has 0 N–H and O–H groups in total. The predicted molar refractivity (Wildman–Crippen MR) is 271 cm³/mol. The average Bonchev–Trinajstić information content (AvgIpc) is 4.01. The molecule has 0 spiro atoms. The van der Waals surface area contributed by atoms with Gasteiger partial charge < -0.3 is 13.9 Å². The van der Waals surface area contributed by atoms with Gasteiger partial charge in [-0.1, -0.05) is 133 Å². The van der Waals surface area contributed by atoms with Crippen LogP contribution in [0.4, 0.5) is 0 Å². The van der Waals surface area contributed by atoms with Crippen molar-refractivity contribution in [2.45, 2.75) is 0 Å². The van der Waals surface area contributed by atoms with E-state index in [1.807, 2.05) is 11.3 Å². The van der Waals surface area contributed by atoms with Crippen LogP contribution in [0, 0.1) is 0 Å². The van der Waals surface area contributed by atoms with E-state index in [0.717, 1.165) is 55.7 Å². The Morgan fingerprint density at radius 3 is 1.27 bits per heavy atom. The average molecular weight is 835 g/mol. The molecule has 0 saturated carbocycles. The summed E-state index contributed by atoms with van der Waals surface area (Å²) in [4.78, 5) is 0. The van der Waals surface area contributed by atoms with Crippen molar-refractivity contribution < 1.29 is 4.74 Å². The first-order valence-corrected chi connectivity index (χ1v) is 22.5. The summed E-state index contributed by atoms with van der Waals surface area (Å²) in [5.41, 5.74) is 13.9. The minimum absolute atomic E-state index is 0.789. The number of hydrogen-bond donors (Lipinski definition) is 0. The molecule has 0 fully saturated rings. The van der Waals surface area contributed by atoms with E-state index in [1.165, 1.54) is 64.3 Å². The Morgan fingerprint density at radius 1 is 0.266 bits per heavy atom. The van der Waals surface area contributed by atoms with Crippen LogP contribution in [0.1, 0.15) is 0 Å². The van der Waals surface area contributed by atoms with Gasteiger partial charge in [-0.25, -0.2) is 0 Å². The van der Waals surface area contributed by atoms with Crippen molar-refractivity contribution in [3.63, 3.8) is 0 Å². The lowest BCUT2D eigenvalue weighted by Gasteiger charge is -2.11. The molecule has 13 rings (SSSR count). The number of hydrogen-bond acceptors (Lipinski definition) is 2. The molecule has 0 bridgehead atoms. The first-order chi connectivity index (χ1) is 31.7. The summed E-state index contributed by atoms with van der Waals surface area (Å²) in [7, 11) is 0. The van der Waals surface area contributed by atoms with E-state index in [0.29, 0.717) is 0 Å². The zero-order chi connectivity index (χ0) is 42.1. The standard InChI is InChI=1S/C60H38N2OS/c1-4-13-39(14-5-1)42-19-12-20-45(33-42)61-55-28-23-43(40-15-6-2-7-16-40)34-50(55)52-37-47(26-30-57(52)61)63-48-27-31-58-53(38-48)51-35-44(41-17-8-3-9-18-41)24-29-56(51)62(58)46-25-32-60-54(36-46)49-21-10-11-22-59(49)64-60/h1-38H. The summed E-state index contributed by atoms with van der Waals surface area (Å²) in [6, 6.07) is 83.1. The van der Waals surface area contributed by atoms with Crippen LogP contribution in [0.25, 0.3) is 109 Å². The third-order valence-corrected chi connectivity index (χ3v) is 13.9. The number of fused-ring (bicyclic) bond motifs is 9. The first kappa shape index (κ1) is 36.5. The normalized spacial score (nSPS) is 11.8. The molecule has 3 aromatic heterocycles. The molecule has 4 heteroatoms. The van der Waals surface area contributed by atoms with Gasteiger partial charge in [0.2, 0.25) is 0 Å². The highest BCUT2D eigenvalue weighted by atomic mass is 32.1. The number of benzene rings is 10. The van der Waals surface area contributed by atoms with Crippen LogP contribution in [-0.2, 0) is 0 Å². The molecular formula is C60H38N2OS. The van der Waals surface area contributed by atoms with E-state index >= 15 is 0 Å². The van der Waals surface area contributed by atoms with E-state index in [1.54, 1.807) is 0 Å². The lowest BCUT2D eigenvalue weighted by atomic mass is 10.0. The Labute approximate surface area is 373 Å². The monoisotopic (exact) mass is 834 g/mol. The maximum Gasteiger partial charge on any atom is 0.128 e. The fraction of sp³-hybridized carbons (Fsp3) is 0. The zero-order valence-electron chi connectivity index (χ0n) is 34.7. The molecule has 0 aliphatic rings. The second-order valence-electron chi connectivity index (χ2n) is 16.5. The lowest BCUT2D eigenvalue weighted by Crippen LogP contribution is -1.94. The van der Waals surface area contributed by atoms with Crippen LogP contribution >= 0.6 is 11.3 Å². The first-order valence-electron chi connectivity index (χ1n) is 21.7. The van der Waals surface area contributed by atoms with E-state index in [-0.39, 0.29) is 0 Å². The molecule has 0 unspecified atom stereocenters. The molecule has 0 saturated heterocycles. The quantitative estimate of drug-likeness (QED) is 0.157. The molecule has 64 heavy (non-hydrogen) atoms. The number of nitrogens with zero attached hydrogens (tertiary/aromatic N) is 2. The van der Waals surface area contributed by atoms with Crippen molar-refractivity contribution in [1.29, 1.82) is 0 Å². The van der Waals surface area contributed by atoms with Crippen molar-refractivity contribution in [2.75, 3.05) is 0 Å². The van der Waals surface area contributed by atoms with Crippen molar-refractivity contribution in [3.8, 4) is 56.3 Å². The van der Waals surface area contributed by atoms with Crippen LogP contribution in [0.5, 0.6) is 11.5 Å².